The number of likely N-dealkylation sites (tertiary alicyclic amines) is 1. The summed E-state index contributed by atoms with van der Waals surface area (Å²) >= 11 is 0. The molecule has 1 unspecified atom stereocenters. The van der Waals surface area contributed by atoms with Crippen molar-refractivity contribution in [3.05, 3.63) is 65.7 Å². The normalized spacial score (nSPS) is 16.2. The van der Waals surface area contributed by atoms with Crippen LogP contribution in [0.4, 0.5) is 4.39 Å². The molecule has 1 aliphatic heterocycles. The molecule has 1 fully saturated rings. The number of nitrogens with zero attached hydrogens (tertiary/aromatic N) is 3. The minimum Gasteiger partial charge on any atom is -0.342 e. The summed E-state index contributed by atoms with van der Waals surface area (Å²) in [6, 6.07) is 12.2. The Balaban J connectivity index is 1.82. The monoisotopic (exact) mass is 337 g/mol. The van der Waals surface area contributed by atoms with Gasteiger partial charge in [-0.15, -0.1) is 0 Å². The molecule has 1 atom stereocenters. The second kappa shape index (κ2) is 7.89. The third-order valence-electron chi connectivity index (χ3n) is 4.72. The van der Waals surface area contributed by atoms with Gasteiger partial charge in [-0.05, 0) is 48.6 Å². The van der Waals surface area contributed by atoms with E-state index in [0.717, 1.165) is 11.1 Å². The van der Waals surface area contributed by atoms with Crippen LogP contribution < -0.4 is 0 Å². The number of rotatable bonds is 4. The first-order valence-electron chi connectivity index (χ1n) is 8.50. The SMILES string of the molecule is N#CC1CCN(C(=O)C(Cc2cccnc2)c2ccc(F)cc2)CC1. The zero-order chi connectivity index (χ0) is 17.6. The van der Waals surface area contributed by atoms with Gasteiger partial charge in [-0.1, -0.05) is 18.2 Å². The fourth-order valence-corrected chi connectivity index (χ4v) is 3.25. The van der Waals surface area contributed by atoms with Crippen molar-refractivity contribution in [1.82, 2.24) is 9.88 Å². The highest BCUT2D eigenvalue weighted by Gasteiger charge is 2.29. The fourth-order valence-electron chi connectivity index (χ4n) is 3.25. The number of benzene rings is 1. The van der Waals surface area contributed by atoms with Crippen molar-refractivity contribution in [2.24, 2.45) is 5.92 Å². The smallest absolute Gasteiger partial charge is 0.230 e. The standard InChI is InChI=1S/C20H20FN3O/c21-18-5-3-17(4-6-18)19(12-16-2-1-9-23-14-16)20(25)24-10-7-15(13-22)8-11-24/h1-6,9,14-15,19H,7-8,10-12H2. The first-order chi connectivity index (χ1) is 12.2. The lowest BCUT2D eigenvalue weighted by Crippen LogP contribution is -2.41. The van der Waals surface area contributed by atoms with E-state index in [9.17, 15) is 9.18 Å². The Bertz CT molecular complexity index is 747. The third-order valence-corrected chi connectivity index (χ3v) is 4.72. The number of carbonyl (C=O) groups excluding carboxylic acids is 1. The molecule has 3 rings (SSSR count). The predicted octanol–water partition coefficient (Wildman–Crippen LogP) is 3.31. The van der Waals surface area contributed by atoms with Crippen LogP contribution in [0.2, 0.25) is 0 Å². The highest BCUT2D eigenvalue weighted by Crippen LogP contribution is 2.26. The molecular weight excluding hydrogens is 317 g/mol. The van der Waals surface area contributed by atoms with Gasteiger partial charge in [0.2, 0.25) is 5.91 Å². The van der Waals surface area contributed by atoms with Crippen LogP contribution >= 0.6 is 0 Å². The van der Waals surface area contributed by atoms with Gasteiger partial charge in [-0.25, -0.2) is 4.39 Å². The molecule has 1 saturated heterocycles. The molecule has 5 heteroatoms. The number of halogens is 1. The van der Waals surface area contributed by atoms with Gasteiger partial charge >= 0.3 is 0 Å². The summed E-state index contributed by atoms with van der Waals surface area (Å²) in [7, 11) is 0. The second-order valence-electron chi connectivity index (χ2n) is 6.40. The quantitative estimate of drug-likeness (QED) is 0.860. The Labute approximate surface area is 146 Å². The lowest BCUT2D eigenvalue weighted by Gasteiger charge is -2.32. The maximum atomic E-state index is 13.3. The summed E-state index contributed by atoms with van der Waals surface area (Å²) in [5.41, 5.74) is 1.77. The van der Waals surface area contributed by atoms with Crippen molar-refractivity contribution >= 4 is 5.91 Å². The van der Waals surface area contributed by atoms with Gasteiger partial charge in [0.15, 0.2) is 0 Å². The van der Waals surface area contributed by atoms with E-state index in [-0.39, 0.29) is 23.6 Å². The number of piperidine rings is 1. The highest BCUT2D eigenvalue weighted by atomic mass is 19.1. The molecule has 1 aliphatic rings. The van der Waals surface area contributed by atoms with Gasteiger partial charge in [-0.2, -0.15) is 5.26 Å². The minimum absolute atomic E-state index is 0.0339. The topological polar surface area (TPSA) is 57.0 Å². The molecule has 0 spiro atoms. The van der Waals surface area contributed by atoms with Gasteiger partial charge in [0.05, 0.1) is 12.0 Å². The van der Waals surface area contributed by atoms with Crippen molar-refractivity contribution in [3.63, 3.8) is 0 Å². The molecule has 128 valence electrons. The molecule has 0 radical (unpaired) electrons. The lowest BCUT2D eigenvalue weighted by atomic mass is 9.89. The maximum absolute atomic E-state index is 13.3. The number of nitriles is 1. The van der Waals surface area contributed by atoms with Crippen LogP contribution in [0.15, 0.2) is 48.8 Å². The molecule has 1 amide bonds. The average molecular weight is 337 g/mol. The number of hydrogen-bond acceptors (Lipinski definition) is 3. The largest absolute Gasteiger partial charge is 0.342 e. The van der Waals surface area contributed by atoms with E-state index >= 15 is 0 Å². The van der Waals surface area contributed by atoms with E-state index in [1.54, 1.807) is 24.5 Å². The van der Waals surface area contributed by atoms with Crippen molar-refractivity contribution in [3.8, 4) is 6.07 Å². The zero-order valence-corrected chi connectivity index (χ0v) is 13.9. The average Bonchev–Trinajstić information content (AvgIpc) is 2.67. The van der Waals surface area contributed by atoms with Crippen LogP contribution in [0.1, 0.15) is 29.9 Å². The second-order valence-corrected chi connectivity index (χ2v) is 6.40. The van der Waals surface area contributed by atoms with Crippen LogP contribution in [0.25, 0.3) is 0 Å². The Morgan fingerprint density at radius 1 is 1.28 bits per heavy atom. The fraction of sp³-hybridized carbons (Fsp3) is 0.350. The molecule has 2 heterocycles. The van der Waals surface area contributed by atoms with Gasteiger partial charge in [0.1, 0.15) is 5.82 Å². The number of pyridine rings is 1. The van der Waals surface area contributed by atoms with E-state index in [1.165, 1.54) is 12.1 Å². The van der Waals surface area contributed by atoms with Crippen LogP contribution in [-0.4, -0.2) is 28.9 Å². The van der Waals surface area contributed by atoms with Gasteiger partial charge in [0.25, 0.3) is 0 Å². The molecule has 0 saturated carbocycles. The number of carbonyl (C=O) groups is 1. The van der Waals surface area contributed by atoms with E-state index in [1.807, 2.05) is 17.0 Å². The maximum Gasteiger partial charge on any atom is 0.230 e. The summed E-state index contributed by atoms with van der Waals surface area (Å²) < 4.78 is 13.3. The molecule has 0 aliphatic carbocycles. The number of aromatic nitrogens is 1. The number of hydrogen-bond donors (Lipinski definition) is 0. The Morgan fingerprint density at radius 3 is 2.60 bits per heavy atom. The third kappa shape index (κ3) is 4.21. The molecule has 1 aromatic carbocycles. The highest BCUT2D eigenvalue weighted by molar-refractivity contribution is 5.84. The van der Waals surface area contributed by atoms with E-state index in [0.29, 0.717) is 32.4 Å². The van der Waals surface area contributed by atoms with Crippen LogP contribution in [0, 0.1) is 23.1 Å². The molecule has 4 nitrogen and oxygen atoms in total. The molecule has 0 N–H and O–H groups in total. The first-order valence-corrected chi connectivity index (χ1v) is 8.50. The summed E-state index contributed by atoms with van der Waals surface area (Å²) in [6.45, 7) is 1.20. The Hall–Kier alpha value is -2.74. The summed E-state index contributed by atoms with van der Waals surface area (Å²) in [5, 5.41) is 9.03. The van der Waals surface area contributed by atoms with Crippen LogP contribution in [0.3, 0.4) is 0 Å². The van der Waals surface area contributed by atoms with E-state index < -0.39 is 0 Å². The van der Waals surface area contributed by atoms with Crippen LogP contribution in [-0.2, 0) is 11.2 Å². The summed E-state index contributed by atoms with van der Waals surface area (Å²) in [6.07, 6.45) is 5.41. The predicted molar refractivity (Wildman–Crippen MR) is 92.0 cm³/mol. The number of amides is 1. The molecule has 1 aromatic heterocycles. The van der Waals surface area contributed by atoms with E-state index in [2.05, 4.69) is 11.1 Å². The lowest BCUT2D eigenvalue weighted by molar-refractivity contribution is -0.134. The molecule has 2 aromatic rings. The molecular formula is C20H20FN3O. The zero-order valence-electron chi connectivity index (χ0n) is 13.9. The van der Waals surface area contributed by atoms with Crippen molar-refractivity contribution in [2.45, 2.75) is 25.2 Å². The van der Waals surface area contributed by atoms with Gasteiger partial charge < -0.3 is 4.90 Å². The Morgan fingerprint density at radius 2 is 2.00 bits per heavy atom. The van der Waals surface area contributed by atoms with Crippen LogP contribution in [0.5, 0.6) is 0 Å². The summed E-state index contributed by atoms with van der Waals surface area (Å²) in [4.78, 5) is 19.1. The van der Waals surface area contributed by atoms with Crippen molar-refractivity contribution < 1.29 is 9.18 Å². The minimum atomic E-state index is -0.372. The first kappa shape index (κ1) is 17.1. The van der Waals surface area contributed by atoms with E-state index in [4.69, 9.17) is 5.26 Å². The Kier molecular flexibility index (Phi) is 5.39. The molecule has 0 bridgehead atoms. The van der Waals surface area contributed by atoms with Crippen molar-refractivity contribution in [1.29, 1.82) is 5.26 Å². The molecule has 25 heavy (non-hydrogen) atoms. The van der Waals surface area contributed by atoms with Gasteiger partial charge in [0, 0.05) is 31.4 Å². The summed E-state index contributed by atoms with van der Waals surface area (Å²) in [5.74, 6) is -0.618. The van der Waals surface area contributed by atoms with Gasteiger partial charge in [-0.3, -0.25) is 9.78 Å². The van der Waals surface area contributed by atoms with Crippen molar-refractivity contribution in [2.75, 3.05) is 13.1 Å².